The molecule has 19 heavy (non-hydrogen) atoms. The highest BCUT2D eigenvalue weighted by Crippen LogP contribution is 2.35. The summed E-state index contributed by atoms with van der Waals surface area (Å²) < 4.78 is 0. The first-order chi connectivity index (χ1) is 8.97. The molecule has 3 nitrogen and oxygen atoms in total. The number of aryl methyl sites for hydroxylation is 1. The third kappa shape index (κ3) is 3.26. The zero-order valence-corrected chi connectivity index (χ0v) is 12.6. The van der Waals surface area contributed by atoms with Crippen molar-refractivity contribution in [2.75, 3.05) is 5.32 Å². The molecule has 1 unspecified atom stereocenters. The zero-order chi connectivity index (χ0) is 14.0. The smallest absolute Gasteiger partial charge is 0.227 e. The third-order valence-corrected chi connectivity index (χ3v) is 4.35. The van der Waals surface area contributed by atoms with Gasteiger partial charge in [-0.15, -0.1) is 0 Å². The molecule has 1 aromatic carbocycles. The van der Waals surface area contributed by atoms with E-state index in [9.17, 15) is 5.11 Å². The zero-order valence-electron chi connectivity index (χ0n) is 11.8. The van der Waals surface area contributed by atoms with Crippen molar-refractivity contribution in [2.45, 2.75) is 39.7 Å². The maximum atomic E-state index is 9.78. The Morgan fingerprint density at radius 1 is 1.16 bits per heavy atom. The molecule has 0 aliphatic rings. The minimum Gasteiger partial charge on any atom is -0.492 e. The number of aromatic nitrogens is 1. The molecule has 1 aromatic heterocycles. The first-order valence-electron chi connectivity index (χ1n) is 6.50. The number of nitrogens with one attached hydrogen (secondary N) is 1. The van der Waals surface area contributed by atoms with Gasteiger partial charge in [0.1, 0.15) is 0 Å². The number of hydrogen-bond acceptors (Lipinski definition) is 4. The van der Waals surface area contributed by atoms with Crippen LogP contribution in [0.15, 0.2) is 24.3 Å². The Balaban J connectivity index is 2.12. The van der Waals surface area contributed by atoms with E-state index in [4.69, 9.17) is 0 Å². The van der Waals surface area contributed by atoms with E-state index in [-0.39, 0.29) is 11.9 Å². The van der Waals surface area contributed by atoms with E-state index in [1.54, 1.807) is 0 Å². The molecule has 0 fully saturated rings. The molecule has 2 N–H and O–H groups in total. The van der Waals surface area contributed by atoms with E-state index < -0.39 is 0 Å². The van der Waals surface area contributed by atoms with Gasteiger partial charge >= 0.3 is 0 Å². The second kappa shape index (κ2) is 5.61. The van der Waals surface area contributed by atoms with E-state index in [1.807, 2.05) is 0 Å². The van der Waals surface area contributed by atoms with Crippen molar-refractivity contribution in [3.05, 3.63) is 40.3 Å². The Bertz CT molecular complexity index is 546. The Hall–Kier alpha value is -1.55. The largest absolute Gasteiger partial charge is 0.492 e. The SMILES string of the molecule is Cc1ccc(C(C)Nc2nc(O)c(C(C)C)s2)cc1. The summed E-state index contributed by atoms with van der Waals surface area (Å²) in [4.78, 5) is 5.11. The van der Waals surface area contributed by atoms with Crippen LogP contribution in [0.2, 0.25) is 0 Å². The number of hydrogen-bond donors (Lipinski definition) is 2. The van der Waals surface area contributed by atoms with E-state index >= 15 is 0 Å². The third-order valence-electron chi connectivity index (χ3n) is 3.08. The van der Waals surface area contributed by atoms with Gasteiger partial charge in [0.05, 0.1) is 10.9 Å². The lowest BCUT2D eigenvalue weighted by Crippen LogP contribution is -2.05. The van der Waals surface area contributed by atoms with Crippen molar-refractivity contribution in [1.82, 2.24) is 4.98 Å². The van der Waals surface area contributed by atoms with Gasteiger partial charge < -0.3 is 10.4 Å². The molecule has 0 spiro atoms. The molecule has 0 radical (unpaired) electrons. The van der Waals surface area contributed by atoms with Gasteiger partial charge in [0.25, 0.3) is 0 Å². The van der Waals surface area contributed by atoms with E-state index in [2.05, 4.69) is 62.3 Å². The summed E-state index contributed by atoms with van der Waals surface area (Å²) in [5, 5.41) is 13.9. The molecule has 4 heteroatoms. The van der Waals surface area contributed by atoms with Crippen molar-refractivity contribution >= 4 is 16.5 Å². The van der Waals surface area contributed by atoms with Crippen LogP contribution in [0.5, 0.6) is 5.88 Å². The van der Waals surface area contributed by atoms with Crippen LogP contribution in [0.25, 0.3) is 0 Å². The Labute approximate surface area is 118 Å². The fraction of sp³-hybridized carbons (Fsp3) is 0.400. The molecular weight excluding hydrogens is 256 g/mol. The predicted molar refractivity (Wildman–Crippen MR) is 81.1 cm³/mol. The van der Waals surface area contributed by atoms with Crippen LogP contribution >= 0.6 is 11.3 Å². The maximum Gasteiger partial charge on any atom is 0.227 e. The van der Waals surface area contributed by atoms with Gasteiger partial charge in [0.15, 0.2) is 5.13 Å². The van der Waals surface area contributed by atoms with Crippen LogP contribution in [0, 0.1) is 6.92 Å². The van der Waals surface area contributed by atoms with Crippen LogP contribution < -0.4 is 5.32 Å². The molecule has 0 saturated heterocycles. The van der Waals surface area contributed by atoms with Gasteiger partial charge in [-0.05, 0) is 25.3 Å². The number of aromatic hydroxyl groups is 1. The average molecular weight is 276 g/mol. The lowest BCUT2D eigenvalue weighted by Gasteiger charge is -2.13. The van der Waals surface area contributed by atoms with Crippen LogP contribution in [0.3, 0.4) is 0 Å². The topological polar surface area (TPSA) is 45.2 Å². The summed E-state index contributed by atoms with van der Waals surface area (Å²) in [6, 6.07) is 8.61. The van der Waals surface area contributed by atoms with Crippen LogP contribution in [-0.2, 0) is 0 Å². The van der Waals surface area contributed by atoms with E-state index in [0.29, 0.717) is 5.92 Å². The second-order valence-corrected chi connectivity index (χ2v) is 6.17. The lowest BCUT2D eigenvalue weighted by atomic mass is 10.1. The molecule has 2 aromatic rings. The average Bonchev–Trinajstić information content (AvgIpc) is 2.71. The number of nitrogens with zero attached hydrogens (tertiary/aromatic N) is 1. The molecule has 102 valence electrons. The quantitative estimate of drug-likeness (QED) is 0.867. The summed E-state index contributed by atoms with van der Waals surface area (Å²) in [6.07, 6.45) is 0. The molecule has 1 heterocycles. The molecule has 0 amide bonds. The number of benzene rings is 1. The normalized spacial score (nSPS) is 12.7. The van der Waals surface area contributed by atoms with Crippen LogP contribution in [0.1, 0.15) is 48.7 Å². The van der Waals surface area contributed by atoms with E-state index in [0.717, 1.165) is 10.0 Å². The predicted octanol–water partition coefficient (Wildman–Crippen LogP) is 4.45. The minimum atomic E-state index is 0.151. The fourth-order valence-corrected chi connectivity index (χ4v) is 2.83. The highest BCUT2D eigenvalue weighted by atomic mass is 32.1. The van der Waals surface area contributed by atoms with Gasteiger partial charge in [-0.1, -0.05) is 55.0 Å². The van der Waals surface area contributed by atoms with Gasteiger partial charge in [-0.2, -0.15) is 4.98 Å². The highest BCUT2D eigenvalue weighted by molar-refractivity contribution is 7.16. The first kappa shape index (κ1) is 13.9. The number of anilines is 1. The molecular formula is C15H20N2OS. The van der Waals surface area contributed by atoms with Crippen molar-refractivity contribution in [1.29, 1.82) is 0 Å². The summed E-state index contributed by atoms with van der Waals surface area (Å²) >= 11 is 1.52. The lowest BCUT2D eigenvalue weighted by molar-refractivity contribution is 0.449. The fourth-order valence-electron chi connectivity index (χ4n) is 1.89. The monoisotopic (exact) mass is 276 g/mol. The molecule has 0 aliphatic carbocycles. The number of thiazole rings is 1. The van der Waals surface area contributed by atoms with Gasteiger partial charge in [-0.25, -0.2) is 0 Å². The number of rotatable bonds is 4. The molecule has 0 bridgehead atoms. The summed E-state index contributed by atoms with van der Waals surface area (Å²) in [5.41, 5.74) is 2.47. The van der Waals surface area contributed by atoms with Crippen molar-refractivity contribution in [3.8, 4) is 5.88 Å². The Kier molecular flexibility index (Phi) is 4.10. The van der Waals surface area contributed by atoms with Gasteiger partial charge in [-0.3, -0.25) is 0 Å². The maximum absolute atomic E-state index is 9.78. The van der Waals surface area contributed by atoms with Crippen LogP contribution in [-0.4, -0.2) is 10.1 Å². The molecule has 2 rings (SSSR count). The van der Waals surface area contributed by atoms with Crippen molar-refractivity contribution in [2.24, 2.45) is 0 Å². The Morgan fingerprint density at radius 2 is 1.79 bits per heavy atom. The van der Waals surface area contributed by atoms with Crippen LogP contribution in [0.4, 0.5) is 5.13 Å². The summed E-state index contributed by atoms with van der Waals surface area (Å²) in [5.74, 6) is 0.446. The molecule has 0 saturated carbocycles. The summed E-state index contributed by atoms with van der Waals surface area (Å²) in [7, 11) is 0. The van der Waals surface area contributed by atoms with Gasteiger partial charge in [0, 0.05) is 0 Å². The molecule has 0 aliphatic heterocycles. The first-order valence-corrected chi connectivity index (χ1v) is 7.32. The van der Waals surface area contributed by atoms with Crippen molar-refractivity contribution < 1.29 is 5.11 Å². The second-order valence-electron chi connectivity index (χ2n) is 5.14. The minimum absolute atomic E-state index is 0.151. The summed E-state index contributed by atoms with van der Waals surface area (Å²) in [6.45, 7) is 8.29. The highest BCUT2D eigenvalue weighted by Gasteiger charge is 2.15. The standard InChI is InChI=1S/C15H20N2OS/c1-9(2)13-14(18)17-15(19-13)16-11(4)12-7-5-10(3)6-8-12/h5-9,11,18H,1-4H3,(H,16,17). The van der Waals surface area contributed by atoms with Gasteiger partial charge in [0.2, 0.25) is 5.88 Å². The van der Waals surface area contributed by atoms with Crippen molar-refractivity contribution in [3.63, 3.8) is 0 Å². The Morgan fingerprint density at radius 3 is 2.32 bits per heavy atom. The van der Waals surface area contributed by atoms with E-state index in [1.165, 1.54) is 22.5 Å². The molecule has 1 atom stereocenters.